The van der Waals surface area contributed by atoms with Crippen LogP contribution < -0.4 is 0 Å². The van der Waals surface area contributed by atoms with Gasteiger partial charge in [0.1, 0.15) is 36.6 Å². The molecule has 21 atom stereocenters. The number of aliphatic hydroxyl groups excluding tert-OH is 8. The highest BCUT2D eigenvalue weighted by Gasteiger charge is 2.72. The maximum Gasteiger partial charge on any atom is 0.187 e. The average molecular weight is 773 g/mol. The van der Waals surface area contributed by atoms with Crippen LogP contribution in [0.5, 0.6) is 0 Å². The van der Waals surface area contributed by atoms with Gasteiger partial charge in [-0.05, 0) is 84.9 Å². The van der Waals surface area contributed by atoms with Crippen molar-refractivity contribution >= 4 is 0 Å². The van der Waals surface area contributed by atoms with Crippen LogP contribution in [0.2, 0.25) is 0 Å². The predicted molar refractivity (Wildman–Crippen MR) is 193 cm³/mol. The first kappa shape index (κ1) is 42.8. The third kappa shape index (κ3) is 7.49. The van der Waals surface area contributed by atoms with Crippen molar-refractivity contribution in [3.8, 4) is 0 Å². The van der Waals surface area contributed by atoms with Gasteiger partial charge in [0.05, 0.1) is 49.8 Å². The van der Waals surface area contributed by atoms with Crippen molar-refractivity contribution in [2.45, 2.75) is 159 Å². The molecule has 6 aliphatic rings. The third-order valence-electron chi connectivity index (χ3n) is 15.1. The van der Waals surface area contributed by atoms with E-state index in [0.29, 0.717) is 25.7 Å². The number of ether oxygens (including phenoxy) is 5. The summed E-state index contributed by atoms with van der Waals surface area (Å²) in [5, 5.41) is 99.5. The summed E-state index contributed by atoms with van der Waals surface area (Å²) in [5.74, 6) is -1.12. The summed E-state index contributed by atoms with van der Waals surface area (Å²) in [6.07, 6.45) is -4.79. The molecule has 0 aromatic rings. The fourth-order valence-electron chi connectivity index (χ4n) is 12.2. The first-order chi connectivity index (χ1) is 25.4. The van der Waals surface area contributed by atoms with Crippen LogP contribution in [0.3, 0.4) is 0 Å². The summed E-state index contributed by atoms with van der Waals surface area (Å²) in [4.78, 5) is 0. The first-order valence-electron chi connectivity index (χ1n) is 20.3. The topological polar surface area (TPSA) is 228 Å². The molecule has 0 amide bonds. The number of fused-ring (bicyclic) bond motifs is 5. The molecule has 4 saturated carbocycles. The molecule has 0 aromatic carbocycles. The lowest BCUT2D eigenvalue weighted by Crippen LogP contribution is -2.68. The second-order valence-electron chi connectivity index (χ2n) is 18.5. The van der Waals surface area contributed by atoms with Gasteiger partial charge in [-0.25, -0.2) is 0 Å². The number of methoxy groups -OCH3 is 1. The Morgan fingerprint density at radius 2 is 1.39 bits per heavy atom. The zero-order chi connectivity index (χ0) is 39.5. The van der Waals surface area contributed by atoms with Crippen LogP contribution in [0, 0.1) is 52.3 Å². The smallest absolute Gasteiger partial charge is 0.187 e. The molecule has 0 radical (unpaired) electrons. The molecule has 312 valence electrons. The maximum atomic E-state index is 12.6. The molecule has 0 spiro atoms. The van der Waals surface area contributed by atoms with Crippen molar-refractivity contribution in [1.29, 1.82) is 0 Å². The molecule has 2 aliphatic heterocycles. The van der Waals surface area contributed by atoms with Crippen molar-refractivity contribution < 1.29 is 69.6 Å². The second-order valence-corrected chi connectivity index (χ2v) is 18.5. The highest BCUT2D eigenvalue weighted by molar-refractivity contribution is 5.22. The van der Waals surface area contributed by atoms with Crippen molar-refractivity contribution in [1.82, 2.24) is 0 Å². The SMILES string of the molecule is CO[C@H]1[C@H](O[C@H]2[C@H](OCC[C@@H](/C=C/[C@@H](C)[C@H]3[C@@H](O)[C@@H](O)[C@@H]4[C@]3(C)CC[C@@H]3[C@@]5(C)CC[C@H](O)C[C@@H]5[C@@H](O)C[C@]34O)C(C)C)OC[C@@H](O)[C@@H]2O)OC[C@@H](O)[C@@H]1O. The Morgan fingerprint density at radius 3 is 2.04 bits per heavy atom. The number of hydrogen-bond donors (Lipinski definition) is 9. The molecule has 0 unspecified atom stereocenters. The molecule has 54 heavy (non-hydrogen) atoms. The van der Waals surface area contributed by atoms with Crippen molar-refractivity contribution in [3.63, 3.8) is 0 Å². The average Bonchev–Trinajstić information content (AvgIpc) is 3.32. The van der Waals surface area contributed by atoms with E-state index in [-0.39, 0.29) is 67.2 Å². The molecule has 2 saturated heterocycles. The highest BCUT2D eigenvalue weighted by atomic mass is 16.8. The third-order valence-corrected chi connectivity index (χ3v) is 15.1. The van der Waals surface area contributed by atoms with Crippen molar-refractivity contribution in [2.75, 3.05) is 26.9 Å². The standard InChI is InChI=1S/C40H68O14/c1-19(2)21(11-14-51-36-34(30(46)26(44)17-52-36)54-37-33(50-6)29(45)25(43)18-53-37)8-7-20(3)28-31(47)32(48)35-39(28,5)13-10-27-38(4)12-9-22(41)15-23(38)24(42)16-40(27,35)49/h7-8,19-37,41-49H,9-18H2,1-6H3/b8-7+/t20-,21-,22+,23-,24+,25-,26-,27-,28+,29+,30+,31-,32-,33-,34-,35-,36-,37+,38+,39-,40+/m1/s1. The summed E-state index contributed by atoms with van der Waals surface area (Å²) >= 11 is 0. The Bertz CT molecular complexity index is 1290. The fourth-order valence-corrected chi connectivity index (χ4v) is 12.2. The van der Waals surface area contributed by atoms with Gasteiger partial charge in [0.2, 0.25) is 0 Å². The second kappa shape index (κ2) is 16.4. The highest BCUT2D eigenvalue weighted by Crippen LogP contribution is 2.69. The van der Waals surface area contributed by atoms with Crippen LogP contribution in [0.25, 0.3) is 0 Å². The quantitative estimate of drug-likeness (QED) is 0.130. The van der Waals surface area contributed by atoms with Gasteiger partial charge in [-0.2, -0.15) is 0 Å². The van der Waals surface area contributed by atoms with Gasteiger partial charge in [-0.3, -0.25) is 0 Å². The minimum Gasteiger partial charge on any atom is -0.393 e. The van der Waals surface area contributed by atoms with E-state index in [4.69, 9.17) is 23.7 Å². The fraction of sp³-hybridized carbons (Fsp3) is 0.950. The number of aliphatic hydroxyl groups is 9. The lowest BCUT2D eigenvalue weighted by atomic mass is 9.42. The van der Waals surface area contributed by atoms with E-state index in [1.165, 1.54) is 7.11 Å². The van der Waals surface area contributed by atoms with Crippen LogP contribution in [-0.4, -0.2) is 152 Å². The molecule has 0 bridgehead atoms. The van der Waals surface area contributed by atoms with Gasteiger partial charge in [0.25, 0.3) is 0 Å². The van der Waals surface area contributed by atoms with Gasteiger partial charge in [-0.1, -0.05) is 46.8 Å². The summed E-state index contributed by atoms with van der Waals surface area (Å²) in [6, 6.07) is 0. The lowest BCUT2D eigenvalue weighted by molar-refractivity contribution is -0.345. The van der Waals surface area contributed by atoms with Gasteiger partial charge >= 0.3 is 0 Å². The molecule has 9 N–H and O–H groups in total. The van der Waals surface area contributed by atoms with E-state index < -0.39 is 90.6 Å². The van der Waals surface area contributed by atoms with Crippen LogP contribution in [0.15, 0.2) is 12.2 Å². The summed E-state index contributed by atoms with van der Waals surface area (Å²) in [6.45, 7) is 10.3. The maximum absolute atomic E-state index is 12.6. The van der Waals surface area contributed by atoms with E-state index in [2.05, 4.69) is 39.8 Å². The molecule has 14 heteroatoms. The monoisotopic (exact) mass is 772 g/mol. The van der Waals surface area contributed by atoms with E-state index in [0.717, 1.165) is 12.8 Å². The van der Waals surface area contributed by atoms with E-state index >= 15 is 0 Å². The van der Waals surface area contributed by atoms with Crippen molar-refractivity contribution in [2.24, 2.45) is 52.3 Å². The predicted octanol–water partition coefficient (Wildman–Crippen LogP) is 0.461. The van der Waals surface area contributed by atoms with Crippen molar-refractivity contribution in [3.05, 3.63) is 12.2 Å². The Labute approximate surface area is 319 Å². The Balaban J connectivity index is 1.12. The van der Waals surface area contributed by atoms with Gasteiger partial charge in [0, 0.05) is 19.4 Å². The van der Waals surface area contributed by atoms with Gasteiger partial charge < -0.3 is 69.6 Å². The van der Waals surface area contributed by atoms with Gasteiger partial charge in [0.15, 0.2) is 12.6 Å². The van der Waals surface area contributed by atoms with Gasteiger partial charge in [-0.15, -0.1) is 0 Å². The summed E-state index contributed by atoms with van der Waals surface area (Å²) < 4.78 is 28.7. The van der Waals surface area contributed by atoms with Crippen LogP contribution >= 0.6 is 0 Å². The Morgan fingerprint density at radius 1 is 0.759 bits per heavy atom. The number of hydrogen-bond acceptors (Lipinski definition) is 14. The van der Waals surface area contributed by atoms with Crippen LogP contribution in [0.1, 0.15) is 79.6 Å². The lowest BCUT2D eigenvalue weighted by Gasteiger charge is -2.65. The largest absolute Gasteiger partial charge is 0.393 e. The summed E-state index contributed by atoms with van der Waals surface area (Å²) in [5.41, 5.74) is -2.31. The Kier molecular flexibility index (Phi) is 13.0. The van der Waals surface area contributed by atoms with Crippen LogP contribution in [0.4, 0.5) is 0 Å². The minimum absolute atomic E-state index is 0.0427. The molecule has 4 aliphatic carbocycles. The normalized spacial score (nSPS) is 52.1. The van der Waals surface area contributed by atoms with E-state index in [1.54, 1.807) is 0 Å². The zero-order valence-corrected chi connectivity index (χ0v) is 32.8. The number of rotatable bonds is 11. The van der Waals surface area contributed by atoms with Crippen LogP contribution in [-0.2, 0) is 23.7 Å². The molecule has 2 heterocycles. The molecule has 14 nitrogen and oxygen atoms in total. The number of allylic oxidation sites excluding steroid dienone is 2. The summed E-state index contributed by atoms with van der Waals surface area (Å²) in [7, 11) is 1.34. The molecule has 6 rings (SSSR count). The molecule has 0 aromatic heterocycles. The minimum atomic E-state index is -1.38. The Hall–Kier alpha value is -0.820. The molecule has 6 fully saturated rings. The first-order valence-corrected chi connectivity index (χ1v) is 20.3. The van der Waals surface area contributed by atoms with E-state index in [1.807, 2.05) is 6.92 Å². The molecular weight excluding hydrogens is 704 g/mol. The molecular formula is C40H68O14. The zero-order valence-electron chi connectivity index (χ0n) is 32.8. The van der Waals surface area contributed by atoms with E-state index in [9.17, 15) is 46.0 Å².